The van der Waals surface area contributed by atoms with E-state index in [1.807, 2.05) is 0 Å². The molecule has 3 rings (SSSR count). The highest BCUT2D eigenvalue weighted by atomic mass is 19.2. The highest BCUT2D eigenvalue weighted by Crippen LogP contribution is 2.23. The van der Waals surface area contributed by atoms with Gasteiger partial charge < -0.3 is 19.7 Å². The maximum atomic E-state index is 13.7. The van der Waals surface area contributed by atoms with Gasteiger partial charge in [0.2, 0.25) is 0 Å². The number of benzene rings is 2. The molecule has 1 aliphatic rings. The Bertz CT molecular complexity index is 907. The van der Waals surface area contributed by atoms with Crippen molar-refractivity contribution in [1.29, 1.82) is 0 Å². The number of carbonyl (C=O) groups is 2. The van der Waals surface area contributed by atoms with Crippen LogP contribution in [0, 0.1) is 17.5 Å². The van der Waals surface area contributed by atoms with Crippen LogP contribution in [0.2, 0.25) is 0 Å². The summed E-state index contributed by atoms with van der Waals surface area (Å²) in [6, 6.07) is 8.43. The molecule has 0 radical (unpaired) electrons. The number of halogens is 3. The minimum Gasteiger partial charge on any atom is -0.497 e. The van der Waals surface area contributed by atoms with Crippen LogP contribution < -0.4 is 15.0 Å². The van der Waals surface area contributed by atoms with Gasteiger partial charge in [-0.3, -0.25) is 9.59 Å². The van der Waals surface area contributed by atoms with Gasteiger partial charge in [-0.05, 0) is 24.3 Å². The van der Waals surface area contributed by atoms with Crippen molar-refractivity contribution in [3.63, 3.8) is 0 Å². The number of hydrogen-bond acceptors (Lipinski definition) is 4. The molecule has 0 aromatic heterocycles. The van der Waals surface area contributed by atoms with E-state index < -0.39 is 35.0 Å². The van der Waals surface area contributed by atoms with Gasteiger partial charge >= 0.3 is 0 Å². The molecule has 1 N–H and O–H groups in total. The quantitative estimate of drug-likeness (QED) is 0.791. The molecule has 1 fully saturated rings. The third kappa shape index (κ3) is 4.09. The fraction of sp³-hybridized carbons (Fsp3) is 0.263. The van der Waals surface area contributed by atoms with Crippen molar-refractivity contribution in [2.45, 2.75) is 6.10 Å². The molecule has 0 saturated carbocycles. The van der Waals surface area contributed by atoms with E-state index in [9.17, 15) is 22.8 Å². The molecule has 0 bridgehead atoms. The molecule has 2 aromatic carbocycles. The first-order chi connectivity index (χ1) is 13.4. The maximum absolute atomic E-state index is 13.7. The number of methoxy groups -OCH3 is 1. The van der Waals surface area contributed by atoms with Gasteiger partial charge in [0.25, 0.3) is 11.8 Å². The minimum absolute atomic E-state index is 0.0506. The van der Waals surface area contributed by atoms with Crippen molar-refractivity contribution in [1.82, 2.24) is 5.32 Å². The monoisotopic (exact) mass is 394 g/mol. The second kappa shape index (κ2) is 8.30. The van der Waals surface area contributed by atoms with E-state index in [0.717, 1.165) is 6.07 Å². The van der Waals surface area contributed by atoms with Crippen LogP contribution in [0.4, 0.5) is 18.9 Å². The number of hydrogen-bond donors (Lipinski definition) is 1. The minimum atomic E-state index is -1.71. The first-order valence-electron chi connectivity index (χ1n) is 8.38. The van der Waals surface area contributed by atoms with Crippen LogP contribution in [-0.2, 0) is 9.53 Å². The predicted molar refractivity (Wildman–Crippen MR) is 93.7 cm³/mol. The first kappa shape index (κ1) is 19.7. The van der Waals surface area contributed by atoms with Gasteiger partial charge in [0.05, 0.1) is 25.3 Å². The zero-order valence-corrected chi connectivity index (χ0v) is 14.9. The Labute approximate surface area is 158 Å². The van der Waals surface area contributed by atoms with Gasteiger partial charge in [0.1, 0.15) is 12.4 Å². The Hall–Kier alpha value is -3.07. The summed E-state index contributed by atoms with van der Waals surface area (Å²) in [5.41, 5.74) is -0.00827. The van der Waals surface area contributed by atoms with Gasteiger partial charge in [0, 0.05) is 18.3 Å². The normalized spacial score (nSPS) is 16.8. The van der Waals surface area contributed by atoms with E-state index >= 15 is 0 Å². The number of anilines is 1. The van der Waals surface area contributed by atoms with Crippen LogP contribution in [0.3, 0.4) is 0 Å². The molecule has 1 atom stereocenters. The molecule has 1 unspecified atom stereocenters. The third-order valence-electron chi connectivity index (χ3n) is 4.26. The van der Waals surface area contributed by atoms with Crippen LogP contribution >= 0.6 is 0 Å². The summed E-state index contributed by atoms with van der Waals surface area (Å²) >= 11 is 0. The lowest BCUT2D eigenvalue weighted by Crippen LogP contribution is -2.50. The largest absolute Gasteiger partial charge is 0.497 e. The number of rotatable bonds is 5. The van der Waals surface area contributed by atoms with Gasteiger partial charge in [-0.2, -0.15) is 0 Å². The van der Waals surface area contributed by atoms with Gasteiger partial charge in [-0.25, -0.2) is 13.2 Å². The Morgan fingerprint density at radius 1 is 1.25 bits per heavy atom. The molecule has 2 amide bonds. The molecule has 6 nitrogen and oxygen atoms in total. The predicted octanol–water partition coefficient (Wildman–Crippen LogP) is 2.27. The number of ether oxygens (including phenoxy) is 2. The van der Waals surface area contributed by atoms with Crippen molar-refractivity contribution in [3.8, 4) is 5.75 Å². The summed E-state index contributed by atoms with van der Waals surface area (Å²) in [5, 5.41) is 2.41. The molecule has 1 heterocycles. The molecule has 0 spiro atoms. The third-order valence-corrected chi connectivity index (χ3v) is 4.26. The zero-order valence-electron chi connectivity index (χ0n) is 14.9. The maximum Gasteiger partial charge on any atom is 0.254 e. The van der Waals surface area contributed by atoms with Crippen molar-refractivity contribution in [2.75, 3.05) is 31.7 Å². The van der Waals surface area contributed by atoms with Crippen LogP contribution in [0.15, 0.2) is 36.4 Å². The molecule has 148 valence electrons. The second-order valence-electron chi connectivity index (χ2n) is 6.07. The molecular weight excluding hydrogens is 377 g/mol. The Morgan fingerprint density at radius 3 is 2.79 bits per heavy atom. The highest BCUT2D eigenvalue weighted by Gasteiger charge is 2.28. The number of amides is 2. The van der Waals surface area contributed by atoms with E-state index in [2.05, 4.69) is 5.32 Å². The summed E-state index contributed by atoms with van der Waals surface area (Å²) in [4.78, 5) is 25.7. The number of nitrogens with one attached hydrogen (secondary N) is 1. The van der Waals surface area contributed by atoms with Crippen molar-refractivity contribution < 1.29 is 32.2 Å². The van der Waals surface area contributed by atoms with E-state index in [0.29, 0.717) is 17.5 Å². The molecule has 0 aliphatic carbocycles. The molecule has 1 saturated heterocycles. The smallest absolute Gasteiger partial charge is 0.254 e. The lowest BCUT2D eigenvalue weighted by molar-refractivity contribution is -0.129. The average Bonchev–Trinajstić information content (AvgIpc) is 2.71. The Morgan fingerprint density at radius 2 is 2.04 bits per heavy atom. The molecule has 28 heavy (non-hydrogen) atoms. The van der Waals surface area contributed by atoms with Crippen LogP contribution in [-0.4, -0.2) is 44.7 Å². The summed E-state index contributed by atoms with van der Waals surface area (Å²) < 4.78 is 50.5. The number of morpholine rings is 1. The first-order valence-corrected chi connectivity index (χ1v) is 8.38. The second-order valence-corrected chi connectivity index (χ2v) is 6.07. The van der Waals surface area contributed by atoms with E-state index in [-0.39, 0.29) is 25.6 Å². The fourth-order valence-corrected chi connectivity index (χ4v) is 2.78. The van der Waals surface area contributed by atoms with Crippen LogP contribution in [0.25, 0.3) is 0 Å². The van der Waals surface area contributed by atoms with Crippen molar-refractivity contribution >= 4 is 17.5 Å². The Balaban J connectivity index is 1.66. The van der Waals surface area contributed by atoms with Gasteiger partial charge in [0.15, 0.2) is 17.5 Å². The summed E-state index contributed by atoms with van der Waals surface area (Å²) in [6.07, 6.45) is -0.568. The Kier molecular flexibility index (Phi) is 5.84. The summed E-state index contributed by atoms with van der Waals surface area (Å²) in [7, 11) is 1.51. The van der Waals surface area contributed by atoms with Gasteiger partial charge in [-0.1, -0.05) is 6.07 Å². The van der Waals surface area contributed by atoms with E-state index in [1.165, 1.54) is 12.0 Å². The average molecular weight is 394 g/mol. The van der Waals surface area contributed by atoms with Crippen LogP contribution in [0.5, 0.6) is 5.75 Å². The van der Waals surface area contributed by atoms with Crippen LogP contribution in [0.1, 0.15) is 10.4 Å². The zero-order chi connectivity index (χ0) is 20.3. The fourth-order valence-electron chi connectivity index (χ4n) is 2.78. The van der Waals surface area contributed by atoms with E-state index in [4.69, 9.17) is 9.47 Å². The molecule has 9 heteroatoms. The van der Waals surface area contributed by atoms with Crippen molar-refractivity contribution in [2.24, 2.45) is 0 Å². The lowest BCUT2D eigenvalue weighted by atomic mass is 10.1. The van der Waals surface area contributed by atoms with E-state index in [1.54, 1.807) is 24.3 Å². The SMILES string of the molecule is COc1cccc(N2CC(CNC(=O)c3ccc(F)c(F)c3F)OCC2=O)c1. The molecule has 1 aliphatic heterocycles. The topological polar surface area (TPSA) is 67.9 Å². The highest BCUT2D eigenvalue weighted by molar-refractivity contribution is 5.96. The standard InChI is InChI=1S/C19H17F3N2O4/c1-27-12-4-2-3-11(7-12)24-9-13(28-10-16(24)25)8-23-19(26)14-5-6-15(20)18(22)17(14)21/h2-7,13H,8-10H2,1H3,(H,23,26). The molecular formula is C19H17F3N2O4. The lowest BCUT2D eigenvalue weighted by Gasteiger charge is -2.33. The summed E-state index contributed by atoms with van der Waals surface area (Å²) in [5.74, 6) is -5.24. The number of nitrogens with zero attached hydrogens (tertiary/aromatic N) is 1. The summed E-state index contributed by atoms with van der Waals surface area (Å²) in [6.45, 7) is -0.102. The number of carbonyl (C=O) groups excluding carboxylic acids is 2. The van der Waals surface area contributed by atoms with Gasteiger partial charge in [-0.15, -0.1) is 0 Å². The molecule has 2 aromatic rings. The van der Waals surface area contributed by atoms with Crippen molar-refractivity contribution in [3.05, 3.63) is 59.4 Å².